The van der Waals surface area contributed by atoms with Gasteiger partial charge in [0.05, 0.1) is 6.61 Å². The van der Waals surface area contributed by atoms with Gasteiger partial charge >= 0.3 is 0 Å². The molecule has 0 aliphatic carbocycles. The van der Waals surface area contributed by atoms with Crippen LogP contribution in [0, 0.1) is 0 Å². The van der Waals surface area contributed by atoms with Crippen molar-refractivity contribution in [3.8, 4) is 0 Å². The van der Waals surface area contributed by atoms with Crippen molar-refractivity contribution in [2.75, 3.05) is 13.2 Å². The number of aliphatic hydroxyl groups excluding tert-OH is 3. The van der Waals surface area contributed by atoms with E-state index in [2.05, 4.69) is 12.2 Å². The summed E-state index contributed by atoms with van der Waals surface area (Å²) in [6.45, 7) is -0.436. The van der Waals surface area contributed by atoms with Gasteiger partial charge < -0.3 is 15.3 Å². The summed E-state index contributed by atoms with van der Waals surface area (Å²) in [6, 6.07) is 0. The molecule has 0 amide bonds. The second-order valence-corrected chi connectivity index (χ2v) is 2.16. The maximum atomic E-state index is 8.76. The topological polar surface area (TPSA) is 60.7 Å². The third-order valence-electron chi connectivity index (χ3n) is 0.903. The van der Waals surface area contributed by atoms with Crippen molar-refractivity contribution >= 4 is 17.1 Å². The third-order valence-corrected chi connectivity index (χ3v) is 1.38. The molecule has 0 rings (SSSR count). The number of rotatable bonds is 4. The third kappa shape index (κ3) is 3.53. The molecule has 0 radical (unpaired) electrons. The summed E-state index contributed by atoms with van der Waals surface area (Å²) in [5.74, 6) is 0. The maximum Gasteiger partial charge on any atom is 0.108 e. The van der Waals surface area contributed by atoms with Crippen LogP contribution in [-0.2, 0) is 0 Å². The average molecular weight is 150 g/mol. The fraction of sp³-hybridized carbons (Fsp3) is 0.800. The van der Waals surface area contributed by atoms with Crippen molar-refractivity contribution in [3.05, 3.63) is 0 Å². The number of aliphatic hydroxyl groups is 3. The summed E-state index contributed by atoms with van der Waals surface area (Å²) in [6.07, 6.45) is -0.677. The lowest BCUT2D eigenvalue weighted by atomic mass is 10.2. The summed E-state index contributed by atoms with van der Waals surface area (Å²) in [7, 11) is 0. The molecule has 0 aromatic heterocycles. The highest BCUT2D eigenvalue weighted by atomic mass is 32.1. The van der Waals surface area contributed by atoms with E-state index in [1.807, 2.05) is 0 Å². The van der Waals surface area contributed by atoms with Crippen LogP contribution in [0.5, 0.6) is 0 Å². The molecular formula is C5H10O3S. The van der Waals surface area contributed by atoms with Gasteiger partial charge in [0.1, 0.15) is 6.10 Å². The largest absolute Gasteiger partial charge is 0.396 e. The molecule has 0 saturated heterocycles. The van der Waals surface area contributed by atoms with Crippen molar-refractivity contribution in [1.82, 2.24) is 0 Å². The first-order chi connectivity index (χ1) is 4.22. The van der Waals surface area contributed by atoms with E-state index in [1.54, 1.807) is 0 Å². The van der Waals surface area contributed by atoms with E-state index in [9.17, 15) is 0 Å². The highest BCUT2D eigenvalue weighted by molar-refractivity contribution is 7.80. The Kier molecular flexibility index (Phi) is 4.80. The van der Waals surface area contributed by atoms with Crippen LogP contribution in [0.25, 0.3) is 0 Å². The second kappa shape index (κ2) is 4.81. The van der Waals surface area contributed by atoms with E-state index in [1.165, 1.54) is 0 Å². The molecule has 4 heteroatoms. The lowest BCUT2D eigenvalue weighted by molar-refractivity contribution is 0.143. The van der Waals surface area contributed by atoms with Crippen LogP contribution in [0.3, 0.4) is 0 Å². The Labute approximate surface area is 58.9 Å². The van der Waals surface area contributed by atoms with E-state index in [4.69, 9.17) is 15.3 Å². The summed E-state index contributed by atoms with van der Waals surface area (Å²) in [5.41, 5.74) is 0. The fourth-order valence-electron chi connectivity index (χ4n) is 0.379. The lowest BCUT2D eigenvalue weighted by Crippen LogP contribution is -2.23. The van der Waals surface area contributed by atoms with Gasteiger partial charge in [-0.15, -0.1) is 0 Å². The molecule has 0 aromatic rings. The van der Waals surface area contributed by atoms with Gasteiger partial charge in [-0.3, -0.25) is 0 Å². The van der Waals surface area contributed by atoms with Crippen LogP contribution < -0.4 is 0 Å². The molecule has 1 atom stereocenters. The van der Waals surface area contributed by atoms with Gasteiger partial charge in [0.2, 0.25) is 0 Å². The van der Waals surface area contributed by atoms with Gasteiger partial charge in [-0.05, 0) is 0 Å². The second-order valence-electron chi connectivity index (χ2n) is 1.64. The Bertz CT molecular complexity index is 94.2. The monoisotopic (exact) mass is 150 g/mol. The molecule has 0 aliphatic rings. The van der Waals surface area contributed by atoms with Crippen molar-refractivity contribution in [3.63, 3.8) is 0 Å². The molecule has 0 spiro atoms. The Morgan fingerprint density at radius 1 is 1.44 bits per heavy atom. The van der Waals surface area contributed by atoms with Crippen molar-refractivity contribution in [1.29, 1.82) is 0 Å². The van der Waals surface area contributed by atoms with Gasteiger partial charge in [-0.1, -0.05) is 12.2 Å². The fourth-order valence-corrected chi connectivity index (χ4v) is 0.544. The SMILES string of the molecule is OCCC(=S)C(O)CO. The number of hydrogen-bond acceptors (Lipinski definition) is 4. The van der Waals surface area contributed by atoms with Crippen LogP contribution in [-0.4, -0.2) is 39.5 Å². The molecule has 54 valence electrons. The van der Waals surface area contributed by atoms with Gasteiger partial charge in [-0.2, -0.15) is 0 Å². The quantitative estimate of drug-likeness (QED) is 0.454. The van der Waals surface area contributed by atoms with E-state index in [-0.39, 0.29) is 19.6 Å². The Morgan fingerprint density at radius 2 is 2.00 bits per heavy atom. The predicted octanol–water partition coefficient (Wildman–Crippen LogP) is -0.908. The van der Waals surface area contributed by atoms with E-state index >= 15 is 0 Å². The van der Waals surface area contributed by atoms with Crippen LogP contribution in [0.4, 0.5) is 0 Å². The highest BCUT2D eigenvalue weighted by Gasteiger charge is 2.06. The summed E-state index contributed by atoms with van der Waals surface area (Å²) >= 11 is 4.60. The van der Waals surface area contributed by atoms with E-state index in [0.29, 0.717) is 4.86 Å². The molecule has 0 fully saturated rings. The molecule has 0 bridgehead atoms. The minimum absolute atomic E-state index is 0.0735. The maximum absolute atomic E-state index is 8.76. The molecule has 0 aromatic carbocycles. The van der Waals surface area contributed by atoms with E-state index in [0.717, 1.165) is 0 Å². The molecule has 9 heavy (non-hydrogen) atoms. The zero-order chi connectivity index (χ0) is 7.28. The van der Waals surface area contributed by atoms with Crippen LogP contribution in [0.15, 0.2) is 0 Å². The van der Waals surface area contributed by atoms with Crippen molar-refractivity contribution in [2.45, 2.75) is 12.5 Å². The number of thiocarbonyl (C=S) groups is 1. The van der Waals surface area contributed by atoms with Crippen LogP contribution in [0.1, 0.15) is 6.42 Å². The molecule has 3 N–H and O–H groups in total. The molecule has 0 aliphatic heterocycles. The van der Waals surface area contributed by atoms with Gasteiger partial charge in [0.25, 0.3) is 0 Å². The smallest absolute Gasteiger partial charge is 0.108 e. The Morgan fingerprint density at radius 3 is 2.33 bits per heavy atom. The van der Waals surface area contributed by atoms with Crippen LogP contribution in [0.2, 0.25) is 0 Å². The first kappa shape index (κ1) is 8.97. The molecule has 3 nitrogen and oxygen atoms in total. The summed E-state index contributed by atoms with van der Waals surface area (Å²) in [5, 5.41) is 25.4. The minimum Gasteiger partial charge on any atom is -0.396 e. The normalized spacial score (nSPS) is 13.2. The summed E-state index contributed by atoms with van der Waals surface area (Å²) in [4.78, 5) is 0.306. The average Bonchev–Trinajstić information content (AvgIpc) is 1.87. The van der Waals surface area contributed by atoms with Crippen molar-refractivity contribution < 1.29 is 15.3 Å². The van der Waals surface area contributed by atoms with Gasteiger partial charge in [0.15, 0.2) is 0 Å². The molecule has 1 unspecified atom stereocenters. The van der Waals surface area contributed by atoms with Gasteiger partial charge in [-0.25, -0.2) is 0 Å². The first-order valence-electron chi connectivity index (χ1n) is 2.65. The van der Waals surface area contributed by atoms with E-state index < -0.39 is 6.10 Å². The Hall–Kier alpha value is -0.0300. The molecule has 0 saturated carbocycles. The minimum atomic E-state index is -0.952. The molecule has 0 heterocycles. The summed E-state index contributed by atoms with van der Waals surface area (Å²) < 4.78 is 0. The predicted molar refractivity (Wildman–Crippen MR) is 37.4 cm³/mol. The standard InChI is InChI=1S/C5H10O3S/c6-2-1-5(9)4(8)3-7/h4,6-8H,1-3H2. The number of hydrogen-bond donors (Lipinski definition) is 3. The van der Waals surface area contributed by atoms with Crippen molar-refractivity contribution in [2.24, 2.45) is 0 Å². The first-order valence-corrected chi connectivity index (χ1v) is 3.05. The Balaban J connectivity index is 3.46. The highest BCUT2D eigenvalue weighted by Crippen LogP contribution is 1.92. The molecular weight excluding hydrogens is 140 g/mol. The zero-order valence-corrected chi connectivity index (χ0v) is 5.77. The zero-order valence-electron chi connectivity index (χ0n) is 4.95. The van der Waals surface area contributed by atoms with Crippen LogP contribution >= 0.6 is 12.2 Å². The van der Waals surface area contributed by atoms with Gasteiger partial charge in [0, 0.05) is 17.9 Å². The lowest BCUT2D eigenvalue weighted by Gasteiger charge is -2.05.